The molecule has 1 aliphatic rings. The molecule has 4 nitrogen and oxygen atoms in total. The largest absolute Gasteiger partial charge is 0.489 e. The third kappa shape index (κ3) is 4.36. The van der Waals surface area contributed by atoms with Crippen LogP contribution in [0.15, 0.2) is 54.6 Å². The molecule has 3 N–H and O–H groups in total. The van der Waals surface area contributed by atoms with Crippen LogP contribution in [-0.2, 0) is 11.4 Å². The summed E-state index contributed by atoms with van der Waals surface area (Å²) in [5.74, 6) is 0.451. The van der Waals surface area contributed by atoms with Gasteiger partial charge in [0.2, 0.25) is 5.91 Å². The van der Waals surface area contributed by atoms with E-state index in [-0.39, 0.29) is 5.91 Å². The van der Waals surface area contributed by atoms with Gasteiger partial charge in [-0.3, -0.25) is 10.1 Å². The number of amides is 1. The number of nitrogens with two attached hydrogens (primary N) is 1. The lowest BCUT2D eigenvalue weighted by Gasteiger charge is -2.21. The molecule has 0 spiro atoms. The first kappa shape index (κ1) is 16.5. The second kappa shape index (κ2) is 7.97. The Morgan fingerprint density at radius 2 is 1.75 bits per heavy atom. The van der Waals surface area contributed by atoms with E-state index in [1.165, 1.54) is 12.8 Å². The van der Waals surface area contributed by atoms with Crippen molar-refractivity contribution in [3.05, 3.63) is 65.7 Å². The van der Waals surface area contributed by atoms with Crippen molar-refractivity contribution in [2.75, 3.05) is 0 Å². The highest BCUT2D eigenvalue weighted by Gasteiger charge is 2.23. The van der Waals surface area contributed by atoms with Gasteiger partial charge in [-0.1, -0.05) is 55.3 Å². The van der Waals surface area contributed by atoms with Crippen LogP contribution in [0, 0.1) is 0 Å². The summed E-state index contributed by atoms with van der Waals surface area (Å²) in [4.78, 5) is 11.8. The molecule has 1 fully saturated rings. The van der Waals surface area contributed by atoms with Crippen molar-refractivity contribution in [3.8, 4) is 5.75 Å². The van der Waals surface area contributed by atoms with Gasteiger partial charge in [0.1, 0.15) is 18.4 Å². The zero-order valence-corrected chi connectivity index (χ0v) is 13.8. The molecule has 126 valence electrons. The number of nitrogens with one attached hydrogen (secondary N) is 1. The van der Waals surface area contributed by atoms with Crippen LogP contribution in [0.25, 0.3) is 0 Å². The molecule has 1 atom stereocenters. The summed E-state index contributed by atoms with van der Waals surface area (Å²) in [6.07, 6.45) is 4.66. The number of carbonyl (C=O) groups is 1. The predicted molar refractivity (Wildman–Crippen MR) is 94.5 cm³/mol. The molecule has 0 aromatic heterocycles. The molecule has 2 aromatic carbocycles. The van der Waals surface area contributed by atoms with Crippen molar-refractivity contribution in [1.29, 1.82) is 0 Å². The van der Waals surface area contributed by atoms with E-state index in [0.29, 0.717) is 12.6 Å². The Kier molecular flexibility index (Phi) is 5.49. The van der Waals surface area contributed by atoms with Gasteiger partial charge in [-0.15, -0.1) is 0 Å². The van der Waals surface area contributed by atoms with Gasteiger partial charge in [0.05, 0.1) is 0 Å². The maximum absolute atomic E-state index is 11.8. The van der Waals surface area contributed by atoms with Gasteiger partial charge in [-0.25, -0.2) is 0 Å². The van der Waals surface area contributed by atoms with Crippen LogP contribution in [0.2, 0.25) is 0 Å². The standard InChI is InChI=1S/C20H24N2O2/c21-20(23)19(22-17-8-4-5-9-17)16-10-12-18(13-11-16)24-14-15-6-2-1-3-7-15/h1-3,6-7,10-13,17,19,22H,4-5,8-9,14H2,(H2,21,23). The monoisotopic (exact) mass is 324 g/mol. The highest BCUT2D eigenvalue weighted by atomic mass is 16.5. The third-order valence-corrected chi connectivity index (χ3v) is 4.50. The summed E-state index contributed by atoms with van der Waals surface area (Å²) in [5.41, 5.74) is 7.60. The van der Waals surface area contributed by atoms with Gasteiger partial charge < -0.3 is 10.5 Å². The van der Waals surface area contributed by atoms with Gasteiger partial charge in [0.15, 0.2) is 0 Å². The summed E-state index contributed by atoms with van der Waals surface area (Å²) in [6.45, 7) is 0.528. The number of hydrogen-bond donors (Lipinski definition) is 2. The van der Waals surface area contributed by atoms with Gasteiger partial charge in [-0.2, -0.15) is 0 Å². The molecule has 24 heavy (non-hydrogen) atoms. The van der Waals surface area contributed by atoms with Gasteiger partial charge in [0.25, 0.3) is 0 Å². The minimum absolute atomic E-state index is 0.333. The fraction of sp³-hybridized carbons (Fsp3) is 0.350. The number of ether oxygens (including phenoxy) is 1. The lowest BCUT2D eigenvalue weighted by atomic mass is 10.0. The minimum atomic E-state index is -0.434. The van der Waals surface area contributed by atoms with Crippen LogP contribution >= 0.6 is 0 Å². The van der Waals surface area contributed by atoms with Crippen LogP contribution in [0.3, 0.4) is 0 Å². The molecule has 1 amide bonds. The zero-order chi connectivity index (χ0) is 16.8. The van der Waals surface area contributed by atoms with Gasteiger partial charge in [-0.05, 0) is 36.1 Å². The smallest absolute Gasteiger partial charge is 0.239 e. The molecule has 0 radical (unpaired) electrons. The number of hydrogen-bond acceptors (Lipinski definition) is 3. The third-order valence-electron chi connectivity index (χ3n) is 4.50. The average molecular weight is 324 g/mol. The van der Waals surface area contributed by atoms with E-state index >= 15 is 0 Å². The van der Waals surface area contributed by atoms with E-state index in [1.807, 2.05) is 54.6 Å². The van der Waals surface area contributed by atoms with Gasteiger partial charge >= 0.3 is 0 Å². The van der Waals surface area contributed by atoms with Crippen LogP contribution in [-0.4, -0.2) is 11.9 Å². The normalized spacial score (nSPS) is 16.0. The number of benzene rings is 2. The first-order valence-electron chi connectivity index (χ1n) is 8.54. The molecule has 3 rings (SSSR count). The molecule has 0 aliphatic heterocycles. The number of rotatable bonds is 7. The quantitative estimate of drug-likeness (QED) is 0.821. The topological polar surface area (TPSA) is 64.4 Å². The van der Waals surface area contributed by atoms with E-state index < -0.39 is 6.04 Å². The summed E-state index contributed by atoms with van der Waals surface area (Å²) in [5, 5.41) is 3.39. The Morgan fingerprint density at radius 3 is 2.38 bits per heavy atom. The molecule has 0 bridgehead atoms. The van der Waals surface area contributed by atoms with Crippen molar-refractivity contribution in [2.45, 2.75) is 44.4 Å². The Labute approximate surface area is 143 Å². The Balaban J connectivity index is 1.62. The summed E-state index contributed by atoms with van der Waals surface area (Å²) in [6, 6.07) is 17.6. The van der Waals surface area contributed by atoms with Crippen molar-refractivity contribution >= 4 is 5.91 Å². The minimum Gasteiger partial charge on any atom is -0.489 e. The molecule has 1 aliphatic carbocycles. The molecular formula is C20H24N2O2. The van der Waals surface area contributed by atoms with E-state index in [9.17, 15) is 4.79 Å². The average Bonchev–Trinajstić information content (AvgIpc) is 3.12. The second-order valence-electron chi connectivity index (χ2n) is 6.33. The molecule has 2 aromatic rings. The first-order valence-corrected chi connectivity index (χ1v) is 8.54. The van der Waals surface area contributed by atoms with Crippen molar-refractivity contribution < 1.29 is 9.53 Å². The van der Waals surface area contributed by atoms with Crippen LogP contribution in [0.4, 0.5) is 0 Å². The summed E-state index contributed by atoms with van der Waals surface area (Å²) in [7, 11) is 0. The zero-order valence-electron chi connectivity index (χ0n) is 13.8. The predicted octanol–water partition coefficient (Wildman–Crippen LogP) is 3.32. The van der Waals surface area contributed by atoms with E-state index in [4.69, 9.17) is 10.5 Å². The summed E-state index contributed by atoms with van der Waals surface area (Å²) >= 11 is 0. The van der Waals surface area contributed by atoms with Gasteiger partial charge in [0, 0.05) is 6.04 Å². The van der Waals surface area contributed by atoms with Crippen LogP contribution in [0.5, 0.6) is 5.75 Å². The fourth-order valence-electron chi connectivity index (χ4n) is 3.17. The van der Waals surface area contributed by atoms with Crippen LogP contribution < -0.4 is 15.8 Å². The van der Waals surface area contributed by atoms with E-state index in [2.05, 4.69) is 5.32 Å². The Bertz CT molecular complexity index is 649. The lowest BCUT2D eigenvalue weighted by molar-refractivity contribution is -0.120. The number of carbonyl (C=O) groups excluding carboxylic acids is 1. The first-order chi connectivity index (χ1) is 11.7. The Morgan fingerprint density at radius 1 is 1.08 bits per heavy atom. The molecule has 0 saturated heterocycles. The molecule has 1 saturated carbocycles. The fourth-order valence-corrected chi connectivity index (χ4v) is 3.17. The van der Waals surface area contributed by atoms with Crippen molar-refractivity contribution in [3.63, 3.8) is 0 Å². The van der Waals surface area contributed by atoms with E-state index in [0.717, 1.165) is 29.7 Å². The summed E-state index contributed by atoms with van der Waals surface area (Å²) < 4.78 is 5.78. The van der Waals surface area contributed by atoms with E-state index in [1.54, 1.807) is 0 Å². The highest BCUT2D eigenvalue weighted by molar-refractivity contribution is 5.81. The number of primary amides is 1. The lowest BCUT2D eigenvalue weighted by Crippen LogP contribution is -2.38. The maximum atomic E-state index is 11.8. The molecular weight excluding hydrogens is 300 g/mol. The van der Waals surface area contributed by atoms with Crippen molar-refractivity contribution in [2.24, 2.45) is 5.73 Å². The second-order valence-corrected chi connectivity index (χ2v) is 6.33. The van der Waals surface area contributed by atoms with Crippen LogP contribution in [0.1, 0.15) is 42.9 Å². The molecule has 0 heterocycles. The Hall–Kier alpha value is -2.33. The van der Waals surface area contributed by atoms with Crippen molar-refractivity contribution in [1.82, 2.24) is 5.32 Å². The molecule has 1 unspecified atom stereocenters. The maximum Gasteiger partial charge on any atom is 0.239 e. The molecule has 4 heteroatoms. The highest BCUT2D eigenvalue weighted by Crippen LogP contribution is 2.24. The SMILES string of the molecule is NC(=O)C(NC1CCCC1)c1ccc(OCc2ccccc2)cc1.